The number of carbonyl (C=O) groups is 1. The first kappa shape index (κ1) is 16.3. The van der Waals surface area contributed by atoms with E-state index in [1.54, 1.807) is 18.5 Å². The molecule has 0 atom stereocenters. The molecule has 2 N–H and O–H groups in total. The zero-order valence-corrected chi connectivity index (χ0v) is 13.7. The van der Waals surface area contributed by atoms with E-state index >= 15 is 0 Å². The lowest BCUT2D eigenvalue weighted by Crippen LogP contribution is -2.26. The highest BCUT2D eigenvalue weighted by Crippen LogP contribution is 2.26. The van der Waals surface area contributed by atoms with Crippen molar-refractivity contribution in [1.82, 2.24) is 4.90 Å². The van der Waals surface area contributed by atoms with Crippen LogP contribution in [0.15, 0.2) is 39.9 Å². The minimum Gasteiger partial charge on any atom is -0.507 e. The molecule has 2 rings (SSSR count). The predicted octanol–water partition coefficient (Wildman–Crippen LogP) is 2.35. The topological polar surface area (TPSA) is 86.7 Å². The van der Waals surface area contributed by atoms with E-state index in [0.717, 1.165) is 11.3 Å². The van der Waals surface area contributed by atoms with E-state index in [1.807, 2.05) is 6.92 Å². The monoisotopic (exact) mass is 340 g/mol. The highest BCUT2D eigenvalue weighted by molar-refractivity contribution is 7.94. The third-order valence-corrected chi connectivity index (χ3v) is 5.84. The number of nitrogens with one attached hydrogen (secondary N) is 1. The second-order valence-corrected chi connectivity index (χ2v) is 7.45. The number of aromatic hydroxyl groups is 1. The molecule has 0 fully saturated rings. The smallest absolute Gasteiger partial charge is 0.271 e. The first-order valence-corrected chi connectivity index (χ1v) is 8.86. The molecule has 0 unspecified atom stereocenters. The maximum absolute atomic E-state index is 12.1. The maximum Gasteiger partial charge on any atom is 0.271 e. The van der Waals surface area contributed by atoms with Gasteiger partial charge in [-0.05, 0) is 30.5 Å². The summed E-state index contributed by atoms with van der Waals surface area (Å²) < 4.78 is 26.7. The highest BCUT2D eigenvalue weighted by atomic mass is 32.2. The van der Waals surface area contributed by atoms with Gasteiger partial charge in [0.2, 0.25) is 0 Å². The summed E-state index contributed by atoms with van der Waals surface area (Å²) in [5, 5.41) is 11.6. The van der Waals surface area contributed by atoms with Gasteiger partial charge in [0.1, 0.15) is 9.96 Å². The molecule has 0 saturated carbocycles. The van der Waals surface area contributed by atoms with Gasteiger partial charge in [-0.2, -0.15) is 0 Å². The lowest BCUT2D eigenvalue weighted by Gasteiger charge is -2.16. The van der Waals surface area contributed by atoms with Crippen LogP contribution in [0.3, 0.4) is 0 Å². The third-order valence-electron chi connectivity index (χ3n) is 3.06. The van der Waals surface area contributed by atoms with Crippen LogP contribution in [0.4, 0.5) is 5.69 Å². The van der Waals surface area contributed by atoms with Gasteiger partial charge in [0.15, 0.2) is 0 Å². The molecule has 0 aliphatic rings. The Morgan fingerprint density at radius 1 is 1.36 bits per heavy atom. The zero-order valence-electron chi connectivity index (χ0n) is 12.1. The summed E-state index contributed by atoms with van der Waals surface area (Å²) in [6.45, 7) is 2.32. The van der Waals surface area contributed by atoms with Crippen LogP contribution in [0.2, 0.25) is 0 Å². The van der Waals surface area contributed by atoms with Crippen LogP contribution in [0.5, 0.6) is 5.75 Å². The van der Waals surface area contributed by atoms with Crippen molar-refractivity contribution in [1.29, 1.82) is 0 Å². The molecule has 1 amide bonds. The van der Waals surface area contributed by atoms with Crippen LogP contribution < -0.4 is 4.72 Å². The Hall–Kier alpha value is -2.06. The van der Waals surface area contributed by atoms with E-state index in [4.69, 9.17) is 0 Å². The van der Waals surface area contributed by atoms with Gasteiger partial charge < -0.3 is 10.0 Å². The summed E-state index contributed by atoms with van der Waals surface area (Å²) in [7, 11) is -2.06. The summed E-state index contributed by atoms with van der Waals surface area (Å²) in [6.07, 6.45) is 0. The quantitative estimate of drug-likeness (QED) is 0.875. The van der Waals surface area contributed by atoms with E-state index in [1.165, 1.54) is 29.2 Å². The average molecular weight is 340 g/mol. The maximum atomic E-state index is 12.1. The Bertz CT molecular complexity index is 770. The van der Waals surface area contributed by atoms with Crippen molar-refractivity contribution in [3.05, 3.63) is 41.3 Å². The first-order valence-electron chi connectivity index (χ1n) is 6.50. The Kier molecular flexibility index (Phi) is 4.72. The Morgan fingerprint density at radius 3 is 2.64 bits per heavy atom. The normalized spacial score (nSPS) is 11.2. The largest absolute Gasteiger partial charge is 0.507 e. The fourth-order valence-corrected chi connectivity index (χ4v) is 3.79. The van der Waals surface area contributed by atoms with Crippen LogP contribution in [0.1, 0.15) is 17.3 Å². The molecule has 0 aliphatic heterocycles. The van der Waals surface area contributed by atoms with Gasteiger partial charge in [-0.25, -0.2) is 8.42 Å². The second-order valence-electron chi connectivity index (χ2n) is 4.59. The Balaban J connectivity index is 2.25. The number of carbonyl (C=O) groups excluding carboxylic acids is 1. The zero-order chi connectivity index (χ0) is 16.3. The lowest BCUT2D eigenvalue weighted by molar-refractivity contribution is 0.0799. The van der Waals surface area contributed by atoms with E-state index in [-0.39, 0.29) is 27.1 Å². The molecule has 0 spiro atoms. The molecule has 6 nitrogen and oxygen atoms in total. The number of benzene rings is 1. The van der Waals surface area contributed by atoms with Crippen LogP contribution >= 0.6 is 11.3 Å². The number of anilines is 1. The molecule has 0 aliphatic carbocycles. The van der Waals surface area contributed by atoms with Gasteiger partial charge in [-0.3, -0.25) is 9.52 Å². The number of phenolic OH excluding ortho intramolecular Hbond substituents is 1. The van der Waals surface area contributed by atoms with Gasteiger partial charge >= 0.3 is 0 Å². The van der Waals surface area contributed by atoms with E-state index in [9.17, 15) is 18.3 Å². The molecule has 1 heterocycles. The molecule has 0 bridgehead atoms. The standard InChI is InChI=1S/C14H16N2O4S2/c1-3-16(2)14(18)11-7-6-10(9-12(11)17)15-22(19,20)13-5-4-8-21-13/h4-9,15,17H,3H2,1-2H3. The molecule has 0 saturated heterocycles. The van der Waals surface area contributed by atoms with Crippen molar-refractivity contribution in [2.45, 2.75) is 11.1 Å². The van der Waals surface area contributed by atoms with Gasteiger partial charge in [-0.1, -0.05) is 6.07 Å². The highest BCUT2D eigenvalue weighted by Gasteiger charge is 2.18. The molecule has 1 aromatic carbocycles. The molecular formula is C14H16N2O4S2. The van der Waals surface area contributed by atoms with Gasteiger partial charge in [0, 0.05) is 19.7 Å². The number of thiophene rings is 1. The molecule has 22 heavy (non-hydrogen) atoms. The van der Waals surface area contributed by atoms with Gasteiger partial charge in [0.25, 0.3) is 15.9 Å². The number of hydrogen-bond donors (Lipinski definition) is 2. The van der Waals surface area contributed by atoms with Crippen LogP contribution in [-0.4, -0.2) is 37.9 Å². The molecule has 2 aromatic rings. The van der Waals surface area contributed by atoms with Crippen molar-refractivity contribution in [3.8, 4) is 5.75 Å². The second kappa shape index (κ2) is 6.37. The third kappa shape index (κ3) is 3.40. The van der Waals surface area contributed by atoms with Gasteiger partial charge in [0.05, 0.1) is 11.3 Å². The molecule has 0 radical (unpaired) electrons. The summed E-state index contributed by atoms with van der Waals surface area (Å²) in [5.74, 6) is -0.593. The molecule has 1 aromatic heterocycles. The minimum atomic E-state index is -3.68. The summed E-state index contributed by atoms with van der Waals surface area (Å²) >= 11 is 1.09. The summed E-state index contributed by atoms with van der Waals surface area (Å²) in [5.41, 5.74) is 0.324. The number of sulfonamides is 1. The predicted molar refractivity (Wildman–Crippen MR) is 85.9 cm³/mol. The van der Waals surface area contributed by atoms with Crippen LogP contribution in [-0.2, 0) is 10.0 Å². The summed E-state index contributed by atoms with van der Waals surface area (Å²) in [6, 6.07) is 7.19. The molecule has 8 heteroatoms. The number of amides is 1. The summed E-state index contributed by atoms with van der Waals surface area (Å²) in [4.78, 5) is 13.5. The van der Waals surface area contributed by atoms with Crippen molar-refractivity contribution in [2.75, 3.05) is 18.3 Å². The molecule has 118 valence electrons. The van der Waals surface area contributed by atoms with E-state index in [2.05, 4.69) is 4.72 Å². The van der Waals surface area contributed by atoms with Crippen molar-refractivity contribution < 1.29 is 18.3 Å². The number of nitrogens with zero attached hydrogens (tertiary/aromatic N) is 1. The fraction of sp³-hybridized carbons (Fsp3) is 0.214. The van der Waals surface area contributed by atoms with Crippen LogP contribution in [0, 0.1) is 0 Å². The fourth-order valence-electron chi connectivity index (χ4n) is 1.75. The molecular weight excluding hydrogens is 324 g/mol. The minimum absolute atomic E-state index is 0.128. The SMILES string of the molecule is CCN(C)C(=O)c1ccc(NS(=O)(=O)c2cccs2)cc1O. The number of phenols is 1. The van der Waals surface area contributed by atoms with Crippen molar-refractivity contribution in [3.63, 3.8) is 0 Å². The van der Waals surface area contributed by atoms with Gasteiger partial charge in [-0.15, -0.1) is 11.3 Å². The average Bonchev–Trinajstić information content (AvgIpc) is 3.00. The Morgan fingerprint density at radius 2 is 2.09 bits per heavy atom. The number of hydrogen-bond acceptors (Lipinski definition) is 5. The Labute approximate surface area is 133 Å². The number of rotatable bonds is 5. The van der Waals surface area contributed by atoms with Crippen molar-refractivity contribution in [2.24, 2.45) is 0 Å². The lowest BCUT2D eigenvalue weighted by atomic mass is 10.1. The van der Waals surface area contributed by atoms with Crippen LogP contribution in [0.25, 0.3) is 0 Å². The van der Waals surface area contributed by atoms with E-state index < -0.39 is 10.0 Å². The van der Waals surface area contributed by atoms with E-state index in [0.29, 0.717) is 6.54 Å². The first-order chi connectivity index (χ1) is 10.3. The van der Waals surface area contributed by atoms with Crippen molar-refractivity contribution >= 4 is 33.0 Å².